The maximum Gasteiger partial charge on any atom is 0.339 e. The number of carbonyl (C=O) groups excluding carboxylic acids is 3. The summed E-state index contributed by atoms with van der Waals surface area (Å²) in [7, 11) is 1.38. The summed E-state index contributed by atoms with van der Waals surface area (Å²) in [5.74, 6) is -2.09. The Morgan fingerprint density at radius 2 is 1.83 bits per heavy atom. The van der Waals surface area contributed by atoms with Gasteiger partial charge in [-0.3, -0.25) is 19.2 Å². The molecule has 1 aromatic heterocycles. The van der Waals surface area contributed by atoms with Gasteiger partial charge in [0, 0.05) is 5.56 Å². The second-order valence-electron chi connectivity index (χ2n) is 9.26. The molecule has 0 saturated heterocycles. The smallest absolute Gasteiger partial charge is 0.339 e. The lowest BCUT2D eigenvalue weighted by atomic mass is 10.0. The standard InChI is InChI=1S/C30H35N3O8/c1-3-4-6-11-23(17-33(20-34)40-18-21-9-7-5-8-10-21)28(35)31-19-32-29(36)27-15-14-25(41-27)22-12-13-26(39-2)24(16-22)30(37)38/h5,7-10,12-16,20,23H,3-4,6,11,17-19H2,1-2H3,(H,31,35)(H,32,36)(H,37,38). The highest BCUT2D eigenvalue weighted by Crippen LogP contribution is 2.28. The number of aromatic carboxylic acids is 1. The third-order valence-electron chi connectivity index (χ3n) is 6.34. The Labute approximate surface area is 238 Å². The first kappa shape index (κ1) is 30.9. The molecule has 0 saturated carbocycles. The molecule has 3 N–H and O–H groups in total. The van der Waals surface area contributed by atoms with E-state index in [1.54, 1.807) is 12.1 Å². The summed E-state index contributed by atoms with van der Waals surface area (Å²) in [5.41, 5.74) is 1.31. The lowest BCUT2D eigenvalue weighted by Crippen LogP contribution is -2.43. The second-order valence-corrected chi connectivity index (χ2v) is 9.26. The molecule has 0 aliphatic heterocycles. The van der Waals surface area contributed by atoms with Crippen LogP contribution in [0, 0.1) is 5.92 Å². The predicted octanol–water partition coefficient (Wildman–Crippen LogP) is 4.24. The molecule has 2 aromatic carbocycles. The number of carboxylic acid groups (broad SMARTS) is 1. The first-order valence-corrected chi connectivity index (χ1v) is 13.3. The minimum absolute atomic E-state index is 0.0112. The molecule has 0 radical (unpaired) electrons. The van der Waals surface area contributed by atoms with Gasteiger partial charge < -0.3 is 24.9 Å². The summed E-state index contributed by atoms with van der Waals surface area (Å²) in [6, 6.07) is 16.9. The fourth-order valence-corrected chi connectivity index (χ4v) is 4.11. The Morgan fingerprint density at radius 1 is 1.05 bits per heavy atom. The zero-order valence-electron chi connectivity index (χ0n) is 23.1. The number of ether oxygens (including phenoxy) is 1. The second kappa shape index (κ2) is 15.8. The van der Waals surface area contributed by atoms with Crippen LogP contribution in [0.25, 0.3) is 11.3 Å². The number of unbranched alkanes of at least 4 members (excludes halogenated alkanes) is 2. The third kappa shape index (κ3) is 9.21. The highest BCUT2D eigenvalue weighted by Gasteiger charge is 2.22. The van der Waals surface area contributed by atoms with Gasteiger partial charge in [-0.2, -0.15) is 0 Å². The average molecular weight is 566 g/mol. The molecule has 3 aromatic rings. The molecule has 41 heavy (non-hydrogen) atoms. The summed E-state index contributed by atoms with van der Waals surface area (Å²) >= 11 is 0. The number of carboxylic acids is 1. The van der Waals surface area contributed by atoms with Crippen molar-refractivity contribution < 1.29 is 38.3 Å². The van der Waals surface area contributed by atoms with Crippen molar-refractivity contribution in [1.29, 1.82) is 0 Å². The van der Waals surface area contributed by atoms with Crippen molar-refractivity contribution in [2.45, 2.75) is 39.2 Å². The van der Waals surface area contributed by atoms with E-state index >= 15 is 0 Å². The Balaban J connectivity index is 1.56. The normalized spacial score (nSPS) is 11.4. The van der Waals surface area contributed by atoms with E-state index in [0.717, 1.165) is 29.9 Å². The number of carbonyl (C=O) groups is 4. The molecular weight excluding hydrogens is 530 g/mol. The highest BCUT2D eigenvalue weighted by molar-refractivity contribution is 5.94. The van der Waals surface area contributed by atoms with E-state index in [1.165, 1.54) is 25.3 Å². The first-order valence-electron chi connectivity index (χ1n) is 13.3. The molecule has 11 heteroatoms. The van der Waals surface area contributed by atoms with Gasteiger partial charge in [0.25, 0.3) is 5.91 Å². The molecule has 0 aliphatic rings. The van der Waals surface area contributed by atoms with E-state index in [0.29, 0.717) is 24.2 Å². The van der Waals surface area contributed by atoms with E-state index in [9.17, 15) is 24.3 Å². The number of nitrogens with zero attached hydrogens (tertiary/aromatic N) is 1. The van der Waals surface area contributed by atoms with Crippen LogP contribution in [-0.4, -0.2) is 54.7 Å². The Bertz CT molecular complexity index is 1310. The van der Waals surface area contributed by atoms with Crippen molar-refractivity contribution in [3.05, 3.63) is 77.6 Å². The van der Waals surface area contributed by atoms with Crippen LogP contribution in [0.5, 0.6) is 5.75 Å². The fraction of sp³-hybridized carbons (Fsp3) is 0.333. The molecule has 0 spiro atoms. The van der Waals surface area contributed by atoms with Crippen LogP contribution >= 0.6 is 0 Å². The molecule has 11 nitrogen and oxygen atoms in total. The first-order chi connectivity index (χ1) is 19.9. The van der Waals surface area contributed by atoms with Crippen LogP contribution in [0.4, 0.5) is 0 Å². The van der Waals surface area contributed by atoms with Crippen LogP contribution in [0.2, 0.25) is 0 Å². The largest absolute Gasteiger partial charge is 0.496 e. The third-order valence-corrected chi connectivity index (χ3v) is 6.34. The van der Waals surface area contributed by atoms with Crippen molar-refractivity contribution in [2.75, 3.05) is 20.3 Å². The molecule has 0 fully saturated rings. The van der Waals surface area contributed by atoms with E-state index in [-0.39, 0.29) is 42.8 Å². The Morgan fingerprint density at radius 3 is 2.51 bits per heavy atom. The number of amides is 3. The van der Waals surface area contributed by atoms with E-state index in [4.69, 9.17) is 14.0 Å². The molecule has 1 atom stereocenters. The number of nitrogens with one attached hydrogen (secondary N) is 2. The van der Waals surface area contributed by atoms with Crippen molar-refractivity contribution in [2.24, 2.45) is 5.92 Å². The quantitative estimate of drug-likeness (QED) is 0.0953. The van der Waals surface area contributed by atoms with Gasteiger partial charge in [-0.1, -0.05) is 56.5 Å². The van der Waals surface area contributed by atoms with E-state index in [2.05, 4.69) is 17.6 Å². The molecule has 3 rings (SSSR count). The van der Waals surface area contributed by atoms with Crippen molar-refractivity contribution in [3.63, 3.8) is 0 Å². The minimum Gasteiger partial charge on any atom is -0.496 e. The van der Waals surface area contributed by atoms with Crippen LogP contribution in [0.1, 0.15) is 59.1 Å². The Hall–Kier alpha value is -4.64. The molecule has 3 amide bonds. The van der Waals surface area contributed by atoms with Crippen LogP contribution in [-0.2, 0) is 21.0 Å². The Kier molecular flexibility index (Phi) is 11.9. The highest BCUT2D eigenvalue weighted by atomic mass is 16.7. The zero-order chi connectivity index (χ0) is 29.6. The van der Waals surface area contributed by atoms with E-state index in [1.807, 2.05) is 30.3 Å². The van der Waals surface area contributed by atoms with Crippen LogP contribution in [0.15, 0.2) is 65.1 Å². The molecule has 1 unspecified atom stereocenters. The van der Waals surface area contributed by atoms with Crippen molar-refractivity contribution >= 4 is 24.2 Å². The zero-order valence-corrected chi connectivity index (χ0v) is 23.1. The number of benzene rings is 2. The number of furan rings is 1. The molecule has 0 bridgehead atoms. The summed E-state index contributed by atoms with van der Waals surface area (Å²) in [6.07, 6.45) is 3.83. The number of hydroxylamine groups is 2. The van der Waals surface area contributed by atoms with Gasteiger partial charge in [0.15, 0.2) is 5.76 Å². The lowest BCUT2D eigenvalue weighted by Gasteiger charge is -2.23. The van der Waals surface area contributed by atoms with Gasteiger partial charge in [0.2, 0.25) is 12.3 Å². The predicted molar refractivity (Wildman–Crippen MR) is 150 cm³/mol. The van der Waals surface area contributed by atoms with Crippen LogP contribution in [0.3, 0.4) is 0 Å². The summed E-state index contributed by atoms with van der Waals surface area (Å²) in [5, 5.41) is 15.8. The van der Waals surface area contributed by atoms with Gasteiger partial charge in [-0.25, -0.2) is 9.86 Å². The van der Waals surface area contributed by atoms with Gasteiger partial charge in [0.05, 0.1) is 26.2 Å². The molecular formula is C30H35N3O8. The maximum absolute atomic E-state index is 13.0. The molecule has 218 valence electrons. The lowest BCUT2D eigenvalue weighted by molar-refractivity contribution is -0.182. The van der Waals surface area contributed by atoms with Crippen molar-refractivity contribution in [1.82, 2.24) is 15.7 Å². The van der Waals surface area contributed by atoms with Crippen molar-refractivity contribution in [3.8, 4) is 17.1 Å². The summed E-state index contributed by atoms with van der Waals surface area (Å²) < 4.78 is 10.7. The monoisotopic (exact) mass is 565 g/mol. The maximum atomic E-state index is 13.0. The topological polar surface area (TPSA) is 147 Å². The van der Waals surface area contributed by atoms with Gasteiger partial charge in [0.1, 0.15) is 23.7 Å². The average Bonchev–Trinajstić information content (AvgIpc) is 3.49. The molecule has 0 aliphatic carbocycles. The molecule has 1 heterocycles. The number of methoxy groups -OCH3 is 1. The number of rotatable bonds is 17. The minimum atomic E-state index is -1.16. The van der Waals surface area contributed by atoms with Gasteiger partial charge in [-0.05, 0) is 42.3 Å². The fourth-order valence-electron chi connectivity index (χ4n) is 4.11. The van der Waals surface area contributed by atoms with Gasteiger partial charge in [-0.15, -0.1) is 0 Å². The van der Waals surface area contributed by atoms with Gasteiger partial charge >= 0.3 is 5.97 Å². The van der Waals surface area contributed by atoms with Crippen LogP contribution < -0.4 is 15.4 Å². The van der Waals surface area contributed by atoms with E-state index < -0.39 is 17.8 Å². The summed E-state index contributed by atoms with van der Waals surface area (Å²) in [6.45, 7) is 2.17. The SMILES string of the molecule is CCCCCC(CN(C=O)OCc1ccccc1)C(=O)NCNC(=O)c1ccc(-c2ccc(OC)c(C(=O)O)c2)o1. The number of hydrogen-bond acceptors (Lipinski definition) is 7. The summed E-state index contributed by atoms with van der Waals surface area (Å²) in [4.78, 5) is 54.3. The number of hydrogen-bond donors (Lipinski definition) is 3.